The predicted molar refractivity (Wildman–Crippen MR) is 79.7 cm³/mol. The third-order valence-electron chi connectivity index (χ3n) is 3.97. The minimum absolute atomic E-state index is 0.0235. The molecule has 1 aromatic carbocycles. The fraction of sp³-hybridized carbons (Fsp3) is 0.500. The Hall–Kier alpha value is -1.88. The molecule has 1 amide bonds. The Morgan fingerprint density at radius 3 is 2.43 bits per heavy atom. The Labute approximate surface area is 124 Å². The van der Waals surface area contributed by atoms with E-state index in [1.165, 1.54) is 4.90 Å². The fourth-order valence-electron chi connectivity index (χ4n) is 2.92. The van der Waals surface area contributed by atoms with Crippen molar-refractivity contribution < 1.29 is 14.7 Å². The lowest BCUT2D eigenvalue weighted by Gasteiger charge is -2.29. The summed E-state index contributed by atoms with van der Waals surface area (Å²) in [4.78, 5) is 25.0. The van der Waals surface area contributed by atoms with Crippen molar-refractivity contribution in [3.63, 3.8) is 0 Å². The number of rotatable bonds is 6. The van der Waals surface area contributed by atoms with E-state index >= 15 is 0 Å². The van der Waals surface area contributed by atoms with Gasteiger partial charge in [-0.05, 0) is 24.8 Å². The summed E-state index contributed by atoms with van der Waals surface area (Å²) in [5.41, 5.74) is 7.00. The lowest BCUT2D eigenvalue weighted by Crippen LogP contribution is -2.50. The number of nitrogens with zero attached hydrogens (tertiary/aromatic N) is 1. The Balaban J connectivity index is 2.04. The van der Waals surface area contributed by atoms with Gasteiger partial charge in [-0.3, -0.25) is 9.59 Å². The van der Waals surface area contributed by atoms with E-state index in [1.807, 2.05) is 30.3 Å². The van der Waals surface area contributed by atoms with Crippen LogP contribution in [0.2, 0.25) is 0 Å². The van der Waals surface area contributed by atoms with Crippen molar-refractivity contribution in [2.45, 2.75) is 44.2 Å². The van der Waals surface area contributed by atoms with Crippen molar-refractivity contribution in [3.8, 4) is 0 Å². The van der Waals surface area contributed by atoms with Crippen LogP contribution in [-0.4, -0.2) is 40.5 Å². The second kappa shape index (κ2) is 7.22. The molecule has 5 nitrogen and oxygen atoms in total. The summed E-state index contributed by atoms with van der Waals surface area (Å²) in [6.07, 6.45) is 4.26. The van der Waals surface area contributed by atoms with E-state index in [9.17, 15) is 9.59 Å². The van der Waals surface area contributed by atoms with Gasteiger partial charge in [0.05, 0.1) is 6.04 Å². The number of carboxylic acid groups (broad SMARTS) is 1. The van der Waals surface area contributed by atoms with Gasteiger partial charge in [0, 0.05) is 6.04 Å². The average molecular weight is 290 g/mol. The zero-order chi connectivity index (χ0) is 15.2. The number of carbonyl (C=O) groups excluding carboxylic acids is 1. The zero-order valence-electron chi connectivity index (χ0n) is 12.1. The van der Waals surface area contributed by atoms with Gasteiger partial charge >= 0.3 is 5.97 Å². The lowest BCUT2D eigenvalue weighted by atomic mass is 10.0. The maximum Gasteiger partial charge on any atom is 0.323 e. The number of benzene rings is 1. The highest BCUT2D eigenvalue weighted by atomic mass is 16.4. The molecule has 1 aliphatic rings. The second-order valence-corrected chi connectivity index (χ2v) is 5.59. The van der Waals surface area contributed by atoms with Crippen LogP contribution in [0.1, 0.15) is 31.2 Å². The van der Waals surface area contributed by atoms with Crippen LogP contribution in [0.5, 0.6) is 0 Å². The van der Waals surface area contributed by atoms with E-state index in [0.29, 0.717) is 6.42 Å². The van der Waals surface area contributed by atoms with E-state index < -0.39 is 12.0 Å². The number of carboxylic acids is 1. The first-order valence-corrected chi connectivity index (χ1v) is 7.39. The zero-order valence-corrected chi connectivity index (χ0v) is 12.1. The van der Waals surface area contributed by atoms with Gasteiger partial charge < -0.3 is 15.7 Å². The van der Waals surface area contributed by atoms with Crippen molar-refractivity contribution >= 4 is 11.9 Å². The molecule has 0 aromatic heterocycles. The lowest BCUT2D eigenvalue weighted by molar-refractivity contribution is -0.146. The van der Waals surface area contributed by atoms with Crippen molar-refractivity contribution in [1.29, 1.82) is 0 Å². The van der Waals surface area contributed by atoms with Crippen LogP contribution >= 0.6 is 0 Å². The SMILES string of the molecule is N[C@H](Cc1ccccc1)C(=O)N(CC(=O)O)C1CCCC1. The van der Waals surface area contributed by atoms with E-state index in [-0.39, 0.29) is 18.5 Å². The third kappa shape index (κ3) is 4.29. The highest BCUT2D eigenvalue weighted by Gasteiger charge is 2.31. The summed E-state index contributed by atoms with van der Waals surface area (Å²) in [6, 6.07) is 8.89. The molecule has 0 saturated heterocycles. The standard InChI is InChI=1S/C16H22N2O3/c17-14(10-12-6-2-1-3-7-12)16(21)18(11-15(19)20)13-8-4-5-9-13/h1-3,6-7,13-14H,4-5,8-11,17H2,(H,19,20)/t14-/m1/s1. The van der Waals surface area contributed by atoms with Crippen LogP contribution in [0.4, 0.5) is 0 Å². The number of carbonyl (C=O) groups is 2. The highest BCUT2D eigenvalue weighted by molar-refractivity contribution is 5.85. The summed E-state index contributed by atoms with van der Waals surface area (Å²) in [6.45, 7) is -0.258. The molecule has 0 aliphatic heterocycles. The monoisotopic (exact) mass is 290 g/mol. The molecule has 1 aromatic rings. The fourth-order valence-corrected chi connectivity index (χ4v) is 2.92. The van der Waals surface area contributed by atoms with Gasteiger partial charge in [-0.1, -0.05) is 43.2 Å². The first-order valence-electron chi connectivity index (χ1n) is 7.39. The average Bonchev–Trinajstić information content (AvgIpc) is 2.99. The summed E-state index contributed by atoms with van der Waals surface area (Å²) in [7, 11) is 0. The smallest absolute Gasteiger partial charge is 0.323 e. The Kier molecular flexibility index (Phi) is 5.33. The van der Waals surface area contributed by atoms with Crippen LogP contribution in [0.3, 0.4) is 0 Å². The molecule has 1 aliphatic carbocycles. The number of amides is 1. The molecule has 0 bridgehead atoms. The van der Waals surface area contributed by atoms with Gasteiger partial charge in [-0.2, -0.15) is 0 Å². The first-order chi connectivity index (χ1) is 10.1. The summed E-state index contributed by atoms with van der Waals surface area (Å²) in [5.74, 6) is -1.24. The third-order valence-corrected chi connectivity index (χ3v) is 3.97. The number of hydrogen-bond donors (Lipinski definition) is 2. The van der Waals surface area contributed by atoms with Crippen LogP contribution < -0.4 is 5.73 Å². The summed E-state index contributed by atoms with van der Waals surface area (Å²) < 4.78 is 0. The maximum atomic E-state index is 12.5. The molecule has 21 heavy (non-hydrogen) atoms. The normalized spacial score (nSPS) is 16.6. The van der Waals surface area contributed by atoms with E-state index in [4.69, 9.17) is 10.8 Å². The topological polar surface area (TPSA) is 83.6 Å². The molecule has 114 valence electrons. The van der Waals surface area contributed by atoms with Crippen LogP contribution in [-0.2, 0) is 16.0 Å². The van der Waals surface area contributed by atoms with Gasteiger partial charge in [0.25, 0.3) is 0 Å². The molecule has 0 unspecified atom stereocenters. The van der Waals surface area contributed by atoms with E-state index in [1.54, 1.807) is 0 Å². The molecule has 0 radical (unpaired) electrons. The minimum atomic E-state index is -0.984. The molecule has 0 spiro atoms. The maximum absolute atomic E-state index is 12.5. The van der Waals surface area contributed by atoms with Crippen molar-refractivity contribution in [1.82, 2.24) is 4.90 Å². The molecule has 1 atom stereocenters. The Morgan fingerprint density at radius 2 is 1.86 bits per heavy atom. The molecular weight excluding hydrogens is 268 g/mol. The molecule has 2 rings (SSSR count). The molecule has 1 fully saturated rings. The Morgan fingerprint density at radius 1 is 1.24 bits per heavy atom. The van der Waals surface area contributed by atoms with E-state index in [2.05, 4.69) is 0 Å². The number of hydrogen-bond acceptors (Lipinski definition) is 3. The largest absolute Gasteiger partial charge is 0.480 e. The summed E-state index contributed by atoms with van der Waals surface area (Å²) in [5, 5.41) is 9.03. The predicted octanol–water partition coefficient (Wildman–Crippen LogP) is 1.41. The van der Waals surface area contributed by atoms with Gasteiger partial charge in [0.15, 0.2) is 0 Å². The molecular formula is C16H22N2O3. The summed E-state index contributed by atoms with van der Waals surface area (Å²) >= 11 is 0. The van der Waals surface area contributed by atoms with Gasteiger partial charge in [-0.25, -0.2) is 0 Å². The van der Waals surface area contributed by atoms with Crippen molar-refractivity contribution in [2.24, 2.45) is 5.73 Å². The molecule has 3 N–H and O–H groups in total. The Bertz CT molecular complexity index is 484. The van der Waals surface area contributed by atoms with Crippen LogP contribution in [0.15, 0.2) is 30.3 Å². The second-order valence-electron chi connectivity index (χ2n) is 5.59. The van der Waals surface area contributed by atoms with Crippen molar-refractivity contribution in [3.05, 3.63) is 35.9 Å². The van der Waals surface area contributed by atoms with Gasteiger partial charge in [0.1, 0.15) is 6.54 Å². The van der Waals surface area contributed by atoms with Gasteiger partial charge in [-0.15, -0.1) is 0 Å². The molecule has 1 saturated carbocycles. The van der Waals surface area contributed by atoms with Gasteiger partial charge in [0.2, 0.25) is 5.91 Å². The quantitative estimate of drug-likeness (QED) is 0.829. The van der Waals surface area contributed by atoms with Crippen LogP contribution in [0.25, 0.3) is 0 Å². The highest BCUT2D eigenvalue weighted by Crippen LogP contribution is 2.24. The molecule has 5 heteroatoms. The van der Waals surface area contributed by atoms with E-state index in [0.717, 1.165) is 31.2 Å². The number of aliphatic carboxylic acids is 1. The first kappa shape index (κ1) is 15.5. The number of nitrogens with two attached hydrogens (primary N) is 1. The van der Waals surface area contributed by atoms with Crippen molar-refractivity contribution in [2.75, 3.05) is 6.54 Å². The minimum Gasteiger partial charge on any atom is -0.480 e. The van der Waals surface area contributed by atoms with Crippen LogP contribution in [0, 0.1) is 0 Å². The molecule has 0 heterocycles.